The second-order valence-corrected chi connectivity index (χ2v) is 7.38. The van der Waals surface area contributed by atoms with E-state index in [0.29, 0.717) is 0 Å². The Kier molecular flexibility index (Phi) is 3.51. The van der Waals surface area contributed by atoms with E-state index in [1.165, 1.54) is 4.70 Å². The van der Waals surface area contributed by atoms with E-state index >= 15 is 0 Å². The molecule has 1 heterocycles. The van der Waals surface area contributed by atoms with Gasteiger partial charge in [0.25, 0.3) is 0 Å². The lowest BCUT2D eigenvalue weighted by Gasteiger charge is -2.07. The maximum atomic E-state index is 11.8. The standard InChI is InChI=1S/C12H15NO2S2/c1-9(13)7-17(14,15)8-10-2-3-12-11(6-10)4-5-16-12/h2-6,9H,7-8,13H2,1H3/t9-/m0/s1. The Morgan fingerprint density at radius 3 is 2.82 bits per heavy atom. The number of thiophene rings is 1. The van der Waals surface area contributed by atoms with E-state index in [-0.39, 0.29) is 17.5 Å². The van der Waals surface area contributed by atoms with Crippen molar-refractivity contribution >= 4 is 31.3 Å². The zero-order valence-corrected chi connectivity index (χ0v) is 11.2. The number of benzene rings is 1. The van der Waals surface area contributed by atoms with E-state index in [1.807, 2.05) is 29.6 Å². The predicted molar refractivity (Wildman–Crippen MR) is 73.0 cm³/mol. The molecule has 2 aromatic rings. The summed E-state index contributed by atoms with van der Waals surface area (Å²) in [4.78, 5) is 0. The van der Waals surface area contributed by atoms with Crippen LogP contribution in [0.1, 0.15) is 12.5 Å². The smallest absolute Gasteiger partial charge is 0.155 e. The molecule has 0 radical (unpaired) electrons. The summed E-state index contributed by atoms with van der Waals surface area (Å²) in [5.74, 6) is 0.106. The van der Waals surface area contributed by atoms with E-state index < -0.39 is 9.84 Å². The largest absolute Gasteiger partial charge is 0.327 e. The molecule has 17 heavy (non-hydrogen) atoms. The number of sulfone groups is 1. The van der Waals surface area contributed by atoms with Crippen molar-refractivity contribution in [3.8, 4) is 0 Å². The highest BCUT2D eigenvalue weighted by atomic mass is 32.2. The van der Waals surface area contributed by atoms with E-state index in [4.69, 9.17) is 5.73 Å². The lowest BCUT2D eigenvalue weighted by molar-refractivity contribution is 0.589. The van der Waals surface area contributed by atoms with Crippen molar-refractivity contribution in [2.24, 2.45) is 5.73 Å². The van der Waals surface area contributed by atoms with Crippen molar-refractivity contribution in [1.82, 2.24) is 0 Å². The molecule has 1 aromatic carbocycles. The van der Waals surface area contributed by atoms with E-state index in [1.54, 1.807) is 18.3 Å². The van der Waals surface area contributed by atoms with Gasteiger partial charge < -0.3 is 5.73 Å². The monoisotopic (exact) mass is 269 g/mol. The van der Waals surface area contributed by atoms with Gasteiger partial charge in [-0.1, -0.05) is 6.07 Å². The summed E-state index contributed by atoms with van der Waals surface area (Å²) in [6.07, 6.45) is 0. The van der Waals surface area contributed by atoms with Crippen molar-refractivity contribution < 1.29 is 8.42 Å². The van der Waals surface area contributed by atoms with E-state index in [0.717, 1.165) is 10.9 Å². The van der Waals surface area contributed by atoms with E-state index in [2.05, 4.69) is 0 Å². The first-order valence-electron chi connectivity index (χ1n) is 5.38. The molecule has 0 spiro atoms. The number of nitrogens with two attached hydrogens (primary N) is 1. The summed E-state index contributed by atoms with van der Waals surface area (Å²) in [5.41, 5.74) is 6.36. The molecular formula is C12H15NO2S2. The van der Waals surface area contributed by atoms with Gasteiger partial charge in [-0.3, -0.25) is 0 Å². The zero-order chi connectivity index (χ0) is 12.5. The maximum Gasteiger partial charge on any atom is 0.155 e. The summed E-state index contributed by atoms with van der Waals surface area (Å²) in [7, 11) is -3.11. The Labute approximate surface area is 105 Å². The van der Waals surface area contributed by atoms with Crippen molar-refractivity contribution in [2.45, 2.75) is 18.7 Å². The first-order chi connectivity index (χ1) is 7.96. The SMILES string of the molecule is C[C@H](N)CS(=O)(=O)Cc1ccc2sccc2c1. The lowest BCUT2D eigenvalue weighted by Crippen LogP contribution is -2.26. The van der Waals surface area contributed by atoms with Crippen LogP contribution in [0, 0.1) is 0 Å². The van der Waals surface area contributed by atoms with Crippen LogP contribution in [0.25, 0.3) is 10.1 Å². The summed E-state index contributed by atoms with van der Waals surface area (Å²) in [6, 6.07) is 7.46. The quantitative estimate of drug-likeness (QED) is 0.925. The summed E-state index contributed by atoms with van der Waals surface area (Å²) >= 11 is 1.66. The molecule has 0 aliphatic heterocycles. The molecular weight excluding hydrogens is 254 g/mol. The van der Waals surface area contributed by atoms with Crippen molar-refractivity contribution in [2.75, 3.05) is 5.75 Å². The molecule has 0 saturated heterocycles. The van der Waals surface area contributed by atoms with Crippen LogP contribution in [0.4, 0.5) is 0 Å². The van der Waals surface area contributed by atoms with Gasteiger partial charge in [0, 0.05) is 10.7 Å². The van der Waals surface area contributed by atoms with Crippen LogP contribution in [0.3, 0.4) is 0 Å². The first-order valence-corrected chi connectivity index (χ1v) is 8.08. The molecule has 1 aromatic heterocycles. The number of hydrogen-bond donors (Lipinski definition) is 1. The number of rotatable bonds is 4. The molecule has 2 rings (SSSR count). The normalized spacial score (nSPS) is 14.0. The minimum atomic E-state index is -3.11. The molecule has 92 valence electrons. The minimum absolute atomic E-state index is 0.0364. The Morgan fingerprint density at radius 2 is 2.12 bits per heavy atom. The highest BCUT2D eigenvalue weighted by Crippen LogP contribution is 2.22. The third kappa shape index (κ3) is 3.28. The predicted octanol–water partition coefficient (Wildman–Crippen LogP) is 2.16. The lowest BCUT2D eigenvalue weighted by atomic mass is 10.2. The Morgan fingerprint density at radius 1 is 1.35 bits per heavy atom. The average molecular weight is 269 g/mol. The van der Waals surface area contributed by atoms with Crippen molar-refractivity contribution in [1.29, 1.82) is 0 Å². The Hall–Kier alpha value is -0.910. The van der Waals surface area contributed by atoms with Crippen molar-refractivity contribution in [3.63, 3.8) is 0 Å². The van der Waals surface area contributed by atoms with Gasteiger partial charge in [-0.05, 0) is 41.5 Å². The molecule has 1 atom stereocenters. The summed E-state index contributed by atoms with van der Waals surface area (Å²) < 4.78 is 24.8. The van der Waals surface area contributed by atoms with Crippen LogP contribution in [-0.2, 0) is 15.6 Å². The van der Waals surface area contributed by atoms with Gasteiger partial charge in [0.1, 0.15) is 0 Å². The molecule has 2 N–H and O–H groups in total. The van der Waals surface area contributed by atoms with Gasteiger partial charge >= 0.3 is 0 Å². The third-order valence-corrected chi connectivity index (χ3v) is 5.12. The topological polar surface area (TPSA) is 60.2 Å². The van der Waals surface area contributed by atoms with Crippen LogP contribution >= 0.6 is 11.3 Å². The summed E-state index contributed by atoms with van der Waals surface area (Å²) in [5, 5.41) is 3.11. The molecule has 0 bridgehead atoms. The molecule has 0 aliphatic carbocycles. The van der Waals surface area contributed by atoms with Crippen LogP contribution in [0.15, 0.2) is 29.6 Å². The van der Waals surface area contributed by atoms with Crippen LogP contribution in [0.2, 0.25) is 0 Å². The molecule has 0 aliphatic rings. The van der Waals surface area contributed by atoms with Crippen LogP contribution in [0.5, 0.6) is 0 Å². The fraction of sp³-hybridized carbons (Fsp3) is 0.333. The Balaban J connectivity index is 2.23. The van der Waals surface area contributed by atoms with Crippen molar-refractivity contribution in [3.05, 3.63) is 35.2 Å². The number of hydrogen-bond acceptors (Lipinski definition) is 4. The zero-order valence-electron chi connectivity index (χ0n) is 9.59. The molecule has 0 fully saturated rings. The first kappa shape index (κ1) is 12.5. The summed E-state index contributed by atoms with van der Waals surface area (Å²) in [6.45, 7) is 1.71. The molecule has 0 unspecified atom stereocenters. The van der Waals surface area contributed by atoms with Crippen LogP contribution < -0.4 is 5.73 Å². The minimum Gasteiger partial charge on any atom is -0.327 e. The number of fused-ring (bicyclic) bond motifs is 1. The second-order valence-electron chi connectivity index (χ2n) is 4.32. The highest BCUT2D eigenvalue weighted by molar-refractivity contribution is 7.90. The maximum absolute atomic E-state index is 11.8. The van der Waals surface area contributed by atoms with Gasteiger partial charge in [0.15, 0.2) is 9.84 Å². The fourth-order valence-corrected chi connectivity index (χ4v) is 4.20. The molecule has 5 heteroatoms. The highest BCUT2D eigenvalue weighted by Gasteiger charge is 2.14. The van der Waals surface area contributed by atoms with Gasteiger partial charge in [-0.2, -0.15) is 0 Å². The van der Waals surface area contributed by atoms with Gasteiger partial charge in [0.05, 0.1) is 11.5 Å². The third-order valence-electron chi connectivity index (χ3n) is 2.42. The van der Waals surface area contributed by atoms with Gasteiger partial charge in [-0.15, -0.1) is 11.3 Å². The average Bonchev–Trinajstić information content (AvgIpc) is 2.61. The van der Waals surface area contributed by atoms with Crippen LogP contribution in [-0.4, -0.2) is 20.2 Å². The molecule has 0 amide bonds. The van der Waals surface area contributed by atoms with Gasteiger partial charge in [0.2, 0.25) is 0 Å². The molecule has 3 nitrogen and oxygen atoms in total. The molecule has 0 saturated carbocycles. The van der Waals surface area contributed by atoms with E-state index in [9.17, 15) is 8.42 Å². The second kappa shape index (κ2) is 4.76. The Bertz CT molecular complexity index is 614. The van der Waals surface area contributed by atoms with Gasteiger partial charge in [-0.25, -0.2) is 8.42 Å². The fourth-order valence-electron chi connectivity index (χ4n) is 1.82.